The van der Waals surface area contributed by atoms with Gasteiger partial charge in [-0.15, -0.1) is 4.91 Å². The van der Waals surface area contributed by atoms with E-state index in [-0.39, 0.29) is 24.5 Å². The summed E-state index contributed by atoms with van der Waals surface area (Å²) in [5, 5.41) is 22.7. The molecule has 2 aliphatic rings. The molecule has 19 heavy (non-hydrogen) atoms. The maximum atomic E-state index is 11.1. The largest absolute Gasteiger partial charge is 0.481 e. The van der Waals surface area contributed by atoms with Crippen molar-refractivity contribution in [1.82, 2.24) is 10.6 Å². The Hall–Kier alpha value is -1.51. The number of urea groups is 1. The van der Waals surface area contributed by atoms with Gasteiger partial charge in [-0.05, 0) is 12.8 Å². The number of nitrogens with one attached hydrogen (secondary N) is 2. The molecule has 0 saturated carbocycles. The van der Waals surface area contributed by atoms with Crippen LogP contribution in [0.3, 0.4) is 0 Å². The van der Waals surface area contributed by atoms with Crippen LogP contribution in [0.4, 0.5) is 4.79 Å². The van der Waals surface area contributed by atoms with Crippen molar-refractivity contribution in [3.63, 3.8) is 0 Å². The molecule has 0 aromatic heterocycles. The number of carboxylic acids is 1. The van der Waals surface area contributed by atoms with E-state index in [4.69, 9.17) is 15.2 Å². The summed E-state index contributed by atoms with van der Waals surface area (Å²) < 4.78 is 0. The van der Waals surface area contributed by atoms with Gasteiger partial charge in [0, 0.05) is 17.4 Å². The number of rotatable bonds is 5. The second kappa shape index (κ2) is 7.82. The van der Waals surface area contributed by atoms with E-state index < -0.39 is 5.97 Å². The predicted molar refractivity (Wildman–Crippen MR) is 69.2 cm³/mol. The maximum Gasteiger partial charge on any atom is 0.315 e. The zero-order valence-electron chi connectivity index (χ0n) is 10.2. The first-order chi connectivity index (χ1) is 9.08. The third kappa shape index (κ3) is 4.93. The van der Waals surface area contributed by atoms with Crippen LogP contribution in [-0.2, 0) is 4.79 Å². The average molecular weight is 291 g/mol. The van der Waals surface area contributed by atoms with Crippen LogP contribution in [0.2, 0.25) is 0 Å². The molecule has 0 aliphatic carbocycles. The van der Waals surface area contributed by atoms with Crippen molar-refractivity contribution in [3.8, 4) is 0 Å². The lowest BCUT2D eigenvalue weighted by atomic mass is 10.0. The quantitative estimate of drug-likeness (QED) is 0.258. The minimum Gasteiger partial charge on any atom is -0.481 e. The number of aliphatic carboxylic acids is 1. The van der Waals surface area contributed by atoms with E-state index in [2.05, 4.69) is 10.6 Å². The summed E-state index contributed by atoms with van der Waals surface area (Å²) in [7, 11) is 0. The van der Waals surface area contributed by atoms with Crippen molar-refractivity contribution in [2.75, 3.05) is 5.75 Å². The number of thioether (sulfide) groups is 1. The SMILES string of the molecule is O=C(O)CCCC[C@@H]1SC[C@@H]2NC(=O)N[C@@H]21.O=NO. The molecular formula is C10H17N3O5S. The second-order valence-electron chi connectivity index (χ2n) is 4.34. The number of hydrogen-bond donors (Lipinski definition) is 4. The Morgan fingerprint density at radius 3 is 2.74 bits per heavy atom. The van der Waals surface area contributed by atoms with Crippen molar-refractivity contribution >= 4 is 23.8 Å². The number of hydrogen-bond acceptors (Lipinski definition) is 5. The Balaban J connectivity index is 0.000000550. The standard InChI is InChI=1S/C10H16N2O3S.HNO2/c13-8(14)4-2-1-3-7-9-6(5-16-7)11-10(15)12-9;2-1-3/h6-7,9H,1-5H2,(H,13,14)(H2,11,12,15);(H,2,3)/t6-,7-,9-;/m0./s1. The molecule has 2 heterocycles. The fourth-order valence-corrected chi connectivity index (χ4v) is 3.81. The van der Waals surface area contributed by atoms with Crippen LogP contribution >= 0.6 is 11.8 Å². The van der Waals surface area contributed by atoms with Gasteiger partial charge in [0.05, 0.1) is 12.1 Å². The Morgan fingerprint density at radius 2 is 2.11 bits per heavy atom. The normalized spacial score (nSPS) is 27.6. The maximum absolute atomic E-state index is 11.1. The van der Waals surface area contributed by atoms with Crippen LogP contribution < -0.4 is 10.6 Å². The number of amides is 2. The zero-order valence-corrected chi connectivity index (χ0v) is 11.1. The number of nitrogens with zero attached hydrogens (tertiary/aromatic N) is 1. The fraction of sp³-hybridized carbons (Fsp3) is 0.800. The lowest BCUT2D eigenvalue weighted by Crippen LogP contribution is -2.36. The van der Waals surface area contributed by atoms with Gasteiger partial charge in [0.1, 0.15) is 0 Å². The molecule has 9 heteroatoms. The van der Waals surface area contributed by atoms with Crippen LogP contribution in [0, 0.1) is 4.91 Å². The van der Waals surface area contributed by atoms with Crippen molar-refractivity contribution in [2.45, 2.75) is 43.0 Å². The van der Waals surface area contributed by atoms with Gasteiger partial charge in [0.15, 0.2) is 5.34 Å². The van der Waals surface area contributed by atoms with Gasteiger partial charge in [-0.25, -0.2) is 4.79 Å². The molecule has 0 aromatic carbocycles. The molecule has 108 valence electrons. The van der Waals surface area contributed by atoms with Crippen LogP contribution in [0.25, 0.3) is 0 Å². The van der Waals surface area contributed by atoms with Crippen LogP contribution in [0.5, 0.6) is 0 Å². The monoisotopic (exact) mass is 291 g/mol. The van der Waals surface area contributed by atoms with Gasteiger partial charge in [0.25, 0.3) is 0 Å². The third-order valence-electron chi connectivity index (χ3n) is 3.07. The molecule has 3 atom stereocenters. The summed E-state index contributed by atoms with van der Waals surface area (Å²) in [4.78, 5) is 29.6. The average Bonchev–Trinajstić information content (AvgIpc) is 2.85. The summed E-state index contributed by atoms with van der Waals surface area (Å²) >= 11 is 1.87. The number of carbonyl (C=O) groups excluding carboxylic acids is 1. The number of unbranched alkanes of at least 4 members (excludes halogenated alkanes) is 1. The first-order valence-electron chi connectivity index (χ1n) is 5.95. The fourth-order valence-electron chi connectivity index (χ4n) is 2.26. The number of carboxylic acid groups (broad SMARTS) is 1. The van der Waals surface area contributed by atoms with Gasteiger partial charge in [0.2, 0.25) is 0 Å². The van der Waals surface area contributed by atoms with E-state index in [1.54, 1.807) is 0 Å². The predicted octanol–water partition coefficient (Wildman–Crippen LogP) is 0.939. The summed E-state index contributed by atoms with van der Waals surface area (Å²) in [5.74, 6) is 0.236. The molecule has 0 spiro atoms. The molecule has 8 nitrogen and oxygen atoms in total. The lowest BCUT2D eigenvalue weighted by Gasteiger charge is -2.16. The van der Waals surface area contributed by atoms with Gasteiger partial charge in [-0.1, -0.05) is 6.42 Å². The Kier molecular flexibility index (Phi) is 6.40. The van der Waals surface area contributed by atoms with Gasteiger partial charge in [-0.3, -0.25) is 4.79 Å². The van der Waals surface area contributed by atoms with Crippen molar-refractivity contribution in [3.05, 3.63) is 4.91 Å². The summed E-state index contributed by atoms with van der Waals surface area (Å²) in [6.07, 6.45) is 2.88. The van der Waals surface area contributed by atoms with Crippen LogP contribution in [0.15, 0.2) is 5.34 Å². The Morgan fingerprint density at radius 1 is 1.42 bits per heavy atom. The summed E-state index contributed by atoms with van der Waals surface area (Å²) in [6.45, 7) is 0. The highest BCUT2D eigenvalue weighted by Crippen LogP contribution is 2.33. The zero-order chi connectivity index (χ0) is 14.3. The Labute approximate surface area is 114 Å². The second-order valence-corrected chi connectivity index (χ2v) is 5.62. The molecular weight excluding hydrogens is 274 g/mol. The molecule has 0 bridgehead atoms. The molecule has 2 amide bonds. The van der Waals surface area contributed by atoms with Crippen LogP contribution in [-0.4, -0.2) is 45.4 Å². The summed E-state index contributed by atoms with van der Waals surface area (Å²) in [6, 6.07) is 0.440. The molecule has 4 N–H and O–H groups in total. The lowest BCUT2D eigenvalue weighted by molar-refractivity contribution is -0.137. The first-order valence-corrected chi connectivity index (χ1v) is 7.00. The molecule has 2 saturated heterocycles. The van der Waals surface area contributed by atoms with E-state index in [0.717, 1.165) is 25.0 Å². The topological polar surface area (TPSA) is 128 Å². The van der Waals surface area contributed by atoms with Crippen molar-refractivity contribution < 1.29 is 19.9 Å². The highest BCUT2D eigenvalue weighted by atomic mass is 32.2. The molecule has 0 radical (unpaired) electrons. The van der Waals surface area contributed by atoms with Gasteiger partial charge in [-0.2, -0.15) is 11.8 Å². The Bertz CT molecular complexity index is 341. The van der Waals surface area contributed by atoms with E-state index in [0.29, 0.717) is 5.25 Å². The minimum atomic E-state index is -0.729. The van der Waals surface area contributed by atoms with Gasteiger partial charge >= 0.3 is 12.0 Å². The van der Waals surface area contributed by atoms with Crippen molar-refractivity contribution in [2.24, 2.45) is 5.34 Å². The highest BCUT2D eigenvalue weighted by Gasteiger charge is 2.42. The molecule has 0 unspecified atom stereocenters. The minimum absolute atomic E-state index is 0.0640. The number of carbonyl (C=O) groups is 2. The number of fused-ring (bicyclic) bond motifs is 1. The van der Waals surface area contributed by atoms with E-state index in [1.807, 2.05) is 11.8 Å². The van der Waals surface area contributed by atoms with Crippen molar-refractivity contribution in [1.29, 1.82) is 0 Å². The first kappa shape index (κ1) is 15.5. The smallest absolute Gasteiger partial charge is 0.315 e. The van der Waals surface area contributed by atoms with E-state index >= 15 is 0 Å². The van der Waals surface area contributed by atoms with Gasteiger partial charge < -0.3 is 20.9 Å². The third-order valence-corrected chi connectivity index (χ3v) is 4.58. The molecule has 2 rings (SSSR count). The molecule has 0 aromatic rings. The van der Waals surface area contributed by atoms with E-state index in [1.165, 1.54) is 5.34 Å². The van der Waals surface area contributed by atoms with Crippen LogP contribution in [0.1, 0.15) is 25.7 Å². The van der Waals surface area contributed by atoms with E-state index in [9.17, 15) is 9.59 Å². The summed E-state index contributed by atoms with van der Waals surface area (Å²) in [5.41, 5.74) is 0. The molecule has 2 aliphatic heterocycles. The molecule has 2 fully saturated rings. The highest BCUT2D eigenvalue weighted by molar-refractivity contribution is 8.00.